The molecule has 0 fully saturated rings. The first-order valence-electron chi connectivity index (χ1n) is 6.40. The Bertz CT molecular complexity index is 564. The molecule has 0 saturated heterocycles. The molecule has 0 atom stereocenters. The molecular weight excluding hydrogens is 242 g/mol. The Morgan fingerprint density at radius 1 is 1.26 bits per heavy atom. The standard InChI is InChI=1S/C13H19N5O/c1-5-9-7-10(6-2)18(17-9)13-11(19-4)12(14-3)15-8-16-13/h7-8H,5-6H2,1-4H3,(H,14,15,16). The SMILES string of the molecule is CCc1cc(CC)n(-c2ncnc(NC)c2OC)n1. The summed E-state index contributed by atoms with van der Waals surface area (Å²) in [6.45, 7) is 4.18. The minimum Gasteiger partial charge on any atom is -0.490 e. The number of rotatable bonds is 5. The summed E-state index contributed by atoms with van der Waals surface area (Å²) >= 11 is 0. The number of nitrogens with zero attached hydrogens (tertiary/aromatic N) is 4. The number of nitrogens with one attached hydrogen (secondary N) is 1. The maximum absolute atomic E-state index is 5.42. The van der Waals surface area contributed by atoms with Gasteiger partial charge in [-0.15, -0.1) is 0 Å². The van der Waals surface area contributed by atoms with Crippen molar-refractivity contribution in [3.8, 4) is 11.6 Å². The maximum Gasteiger partial charge on any atom is 0.206 e. The first-order valence-corrected chi connectivity index (χ1v) is 6.40. The highest BCUT2D eigenvalue weighted by Gasteiger charge is 2.16. The van der Waals surface area contributed by atoms with Crippen LogP contribution < -0.4 is 10.1 Å². The molecule has 0 aliphatic heterocycles. The lowest BCUT2D eigenvalue weighted by molar-refractivity contribution is 0.408. The van der Waals surface area contributed by atoms with E-state index in [2.05, 4.69) is 40.3 Å². The van der Waals surface area contributed by atoms with E-state index in [9.17, 15) is 0 Å². The second kappa shape index (κ2) is 5.69. The molecule has 2 aromatic rings. The topological polar surface area (TPSA) is 64.9 Å². The number of aromatic nitrogens is 4. The van der Waals surface area contributed by atoms with Crippen LogP contribution in [0.1, 0.15) is 25.2 Å². The summed E-state index contributed by atoms with van der Waals surface area (Å²) in [5.74, 6) is 1.92. The molecule has 2 aromatic heterocycles. The van der Waals surface area contributed by atoms with Gasteiger partial charge in [-0.2, -0.15) is 5.10 Å². The lowest BCUT2D eigenvalue weighted by Gasteiger charge is -2.12. The molecule has 6 nitrogen and oxygen atoms in total. The third kappa shape index (κ3) is 2.38. The zero-order valence-corrected chi connectivity index (χ0v) is 11.8. The van der Waals surface area contributed by atoms with Gasteiger partial charge in [0, 0.05) is 12.7 Å². The van der Waals surface area contributed by atoms with Crippen LogP contribution in [0.15, 0.2) is 12.4 Å². The summed E-state index contributed by atoms with van der Waals surface area (Å²) in [5.41, 5.74) is 2.15. The molecule has 0 aromatic carbocycles. The minimum atomic E-state index is 0.602. The molecule has 0 spiro atoms. The molecule has 6 heteroatoms. The third-order valence-corrected chi connectivity index (χ3v) is 2.98. The molecule has 102 valence electrons. The summed E-state index contributed by atoms with van der Waals surface area (Å²) < 4.78 is 7.25. The van der Waals surface area contributed by atoms with Crippen LogP contribution in [-0.4, -0.2) is 33.9 Å². The fraction of sp³-hybridized carbons (Fsp3) is 0.462. The molecule has 1 N–H and O–H groups in total. The van der Waals surface area contributed by atoms with Gasteiger partial charge in [-0.05, 0) is 18.9 Å². The van der Waals surface area contributed by atoms with Gasteiger partial charge in [-0.1, -0.05) is 13.8 Å². The van der Waals surface area contributed by atoms with Crippen molar-refractivity contribution in [2.24, 2.45) is 0 Å². The predicted molar refractivity (Wildman–Crippen MR) is 74.0 cm³/mol. The Morgan fingerprint density at radius 2 is 2.05 bits per heavy atom. The highest BCUT2D eigenvalue weighted by Crippen LogP contribution is 2.28. The van der Waals surface area contributed by atoms with E-state index in [0.29, 0.717) is 17.4 Å². The van der Waals surface area contributed by atoms with Gasteiger partial charge in [-0.3, -0.25) is 0 Å². The van der Waals surface area contributed by atoms with Gasteiger partial charge < -0.3 is 10.1 Å². The van der Waals surface area contributed by atoms with E-state index >= 15 is 0 Å². The minimum absolute atomic E-state index is 0.602. The first kappa shape index (κ1) is 13.3. The molecule has 2 heterocycles. The maximum atomic E-state index is 5.42. The Morgan fingerprint density at radius 3 is 2.63 bits per heavy atom. The van der Waals surface area contributed by atoms with E-state index in [4.69, 9.17) is 4.74 Å². The predicted octanol–water partition coefficient (Wildman–Crippen LogP) is 1.84. The lowest BCUT2D eigenvalue weighted by Crippen LogP contribution is -2.09. The smallest absolute Gasteiger partial charge is 0.206 e. The molecule has 0 saturated carbocycles. The van der Waals surface area contributed by atoms with E-state index in [-0.39, 0.29) is 0 Å². The van der Waals surface area contributed by atoms with Gasteiger partial charge in [-0.25, -0.2) is 14.6 Å². The zero-order chi connectivity index (χ0) is 13.8. The van der Waals surface area contributed by atoms with Crippen molar-refractivity contribution in [3.05, 3.63) is 23.8 Å². The van der Waals surface area contributed by atoms with Gasteiger partial charge in [0.15, 0.2) is 5.82 Å². The third-order valence-electron chi connectivity index (χ3n) is 2.98. The van der Waals surface area contributed by atoms with Crippen molar-refractivity contribution < 1.29 is 4.74 Å². The van der Waals surface area contributed by atoms with Gasteiger partial charge in [0.2, 0.25) is 11.6 Å². The number of methoxy groups -OCH3 is 1. The molecule has 0 bridgehead atoms. The van der Waals surface area contributed by atoms with E-state index in [0.717, 1.165) is 24.2 Å². The van der Waals surface area contributed by atoms with Gasteiger partial charge in [0.1, 0.15) is 6.33 Å². The molecule has 0 aliphatic carbocycles. The molecule has 0 unspecified atom stereocenters. The van der Waals surface area contributed by atoms with Crippen LogP contribution in [0.5, 0.6) is 5.75 Å². The Balaban J connectivity index is 2.60. The number of hydrogen-bond donors (Lipinski definition) is 1. The summed E-state index contributed by atoms with van der Waals surface area (Å²) in [6, 6.07) is 2.10. The van der Waals surface area contributed by atoms with E-state index in [1.54, 1.807) is 14.2 Å². The molecule has 19 heavy (non-hydrogen) atoms. The Labute approximate surface area is 112 Å². The molecular formula is C13H19N5O. The van der Waals surface area contributed by atoms with Crippen LogP contribution in [0.25, 0.3) is 5.82 Å². The van der Waals surface area contributed by atoms with Crippen LogP contribution in [-0.2, 0) is 12.8 Å². The lowest BCUT2D eigenvalue weighted by atomic mass is 10.2. The van der Waals surface area contributed by atoms with Crippen LogP contribution in [0.2, 0.25) is 0 Å². The van der Waals surface area contributed by atoms with Crippen LogP contribution in [0, 0.1) is 0 Å². The van der Waals surface area contributed by atoms with Gasteiger partial charge in [0.05, 0.1) is 12.8 Å². The van der Waals surface area contributed by atoms with Crippen LogP contribution in [0.3, 0.4) is 0 Å². The Kier molecular flexibility index (Phi) is 3.99. The van der Waals surface area contributed by atoms with Crippen LogP contribution in [0.4, 0.5) is 5.82 Å². The quantitative estimate of drug-likeness (QED) is 0.889. The molecule has 0 amide bonds. The number of ether oxygens (including phenoxy) is 1. The molecule has 2 rings (SSSR count). The van der Waals surface area contributed by atoms with Crippen LogP contribution >= 0.6 is 0 Å². The van der Waals surface area contributed by atoms with E-state index in [1.807, 2.05) is 4.68 Å². The second-order valence-corrected chi connectivity index (χ2v) is 4.08. The fourth-order valence-electron chi connectivity index (χ4n) is 1.96. The largest absolute Gasteiger partial charge is 0.490 e. The summed E-state index contributed by atoms with van der Waals surface area (Å²) in [5, 5.41) is 7.57. The summed E-state index contributed by atoms with van der Waals surface area (Å²) in [6.07, 6.45) is 3.29. The zero-order valence-electron chi connectivity index (χ0n) is 11.8. The molecule has 0 radical (unpaired) electrons. The summed E-state index contributed by atoms with van der Waals surface area (Å²) in [7, 11) is 3.41. The van der Waals surface area contributed by atoms with Crippen molar-refractivity contribution in [3.63, 3.8) is 0 Å². The average molecular weight is 261 g/mol. The van der Waals surface area contributed by atoms with Gasteiger partial charge in [0.25, 0.3) is 0 Å². The molecule has 0 aliphatic rings. The highest BCUT2D eigenvalue weighted by atomic mass is 16.5. The monoisotopic (exact) mass is 261 g/mol. The van der Waals surface area contributed by atoms with Crippen molar-refractivity contribution >= 4 is 5.82 Å². The number of hydrogen-bond acceptors (Lipinski definition) is 5. The summed E-state index contributed by atoms with van der Waals surface area (Å²) in [4.78, 5) is 8.46. The average Bonchev–Trinajstić information content (AvgIpc) is 2.89. The Hall–Kier alpha value is -2.11. The van der Waals surface area contributed by atoms with E-state index in [1.165, 1.54) is 6.33 Å². The van der Waals surface area contributed by atoms with Crippen molar-refractivity contribution in [1.29, 1.82) is 0 Å². The van der Waals surface area contributed by atoms with Crippen molar-refractivity contribution in [2.45, 2.75) is 26.7 Å². The normalized spacial score (nSPS) is 10.5. The highest BCUT2D eigenvalue weighted by molar-refractivity contribution is 5.57. The van der Waals surface area contributed by atoms with E-state index < -0.39 is 0 Å². The van der Waals surface area contributed by atoms with Gasteiger partial charge >= 0.3 is 0 Å². The van der Waals surface area contributed by atoms with Crippen molar-refractivity contribution in [2.75, 3.05) is 19.5 Å². The second-order valence-electron chi connectivity index (χ2n) is 4.08. The van der Waals surface area contributed by atoms with Crippen molar-refractivity contribution in [1.82, 2.24) is 19.7 Å². The number of aryl methyl sites for hydroxylation is 2. The first-order chi connectivity index (χ1) is 9.24. The number of anilines is 1. The fourth-order valence-corrected chi connectivity index (χ4v) is 1.96.